The lowest BCUT2D eigenvalue weighted by molar-refractivity contribution is 0.0270. The minimum absolute atomic E-state index is 0.157. The molecule has 1 aliphatic rings. The number of nitrogens with two attached hydrogens (primary N) is 1. The van der Waals surface area contributed by atoms with Crippen molar-refractivity contribution in [2.75, 3.05) is 25.4 Å². The Bertz CT molecular complexity index is 363. The van der Waals surface area contributed by atoms with Gasteiger partial charge in [-0.05, 0) is 43.5 Å². The number of hydrogen-bond acceptors (Lipinski definition) is 3. The zero-order chi connectivity index (χ0) is 13.0. The zero-order valence-corrected chi connectivity index (χ0v) is 11.2. The molecule has 2 rings (SSSR count). The van der Waals surface area contributed by atoms with E-state index >= 15 is 0 Å². The maximum Gasteiger partial charge on any atom is 0.0596 e. The fourth-order valence-electron chi connectivity index (χ4n) is 2.77. The van der Waals surface area contributed by atoms with Gasteiger partial charge in [0, 0.05) is 24.7 Å². The summed E-state index contributed by atoms with van der Waals surface area (Å²) in [5, 5.41) is 10.1. The molecule has 3 N–H and O–H groups in total. The smallest absolute Gasteiger partial charge is 0.0596 e. The van der Waals surface area contributed by atoms with Crippen LogP contribution in [0.15, 0.2) is 24.3 Å². The fraction of sp³-hybridized carbons (Fsp3) is 0.600. The van der Waals surface area contributed by atoms with Gasteiger partial charge in [0.25, 0.3) is 0 Å². The number of rotatable bonds is 4. The van der Waals surface area contributed by atoms with Gasteiger partial charge in [0.2, 0.25) is 0 Å². The van der Waals surface area contributed by atoms with E-state index in [9.17, 15) is 5.11 Å². The van der Waals surface area contributed by atoms with E-state index in [1.807, 2.05) is 12.1 Å². The van der Waals surface area contributed by atoms with Gasteiger partial charge in [-0.15, -0.1) is 0 Å². The zero-order valence-electron chi connectivity index (χ0n) is 11.2. The first-order chi connectivity index (χ1) is 8.69. The molecule has 3 heteroatoms. The maximum atomic E-state index is 10.1. The number of benzene rings is 1. The van der Waals surface area contributed by atoms with E-state index in [0.717, 1.165) is 38.2 Å². The first-order valence-corrected chi connectivity index (χ1v) is 6.94. The van der Waals surface area contributed by atoms with E-state index in [2.05, 4.69) is 24.0 Å². The molecular weight excluding hydrogens is 224 g/mol. The number of nitrogen functional groups attached to an aromatic ring is 1. The average molecular weight is 248 g/mol. The standard InChI is InChI=1S/C15H24N2O/c1-2-8-17-9-7-15(18)13(11-17)10-12-3-5-14(16)6-4-12/h3-6,13,15,18H,2,7-11,16H2,1H3. The lowest BCUT2D eigenvalue weighted by atomic mass is 9.88. The lowest BCUT2D eigenvalue weighted by Gasteiger charge is -2.36. The van der Waals surface area contributed by atoms with Crippen LogP contribution in [0.3, 0.4) is 0 Å². The van der Waals surface area contributed by atoms with Crippen molar-refractivity contribution in [1.29, 1.82) is 0 Å². The van der Waals surface area contributed by atoms with Crippen LogP contribution in [-0.2, 0) is 6.42 Å². The topological polar surface area (TPSA) is 49.5 Å². The van der Waals surface area contributed by atoms with Gasteiger partial charge in [-0.25, -0.2) is 0 Å². The third kappa shape index (κ3) is 3.47. The van der Waals surface area contributed by atoms with Crippen molar-refractivity contribution in [2.45, 2.75) is 32.3 Å². The molecule has 2 unspecified atom stereocenters. The number of piperidine rings is 1. The van der Waals surface area contributed by atoms with Crippen LogP contribution in [0.25, 0.3) is 0 Å². The number of likely N-dealkylation sites (tertiary alicyclic amines) is 1. The molecule has 1 fully saturated rings. The summed E-state index contributed by atoms with van der Waals surface area (Å²) in [5.74, 6) is 0.355. The average Bonchev–Trinajstić information content (AvgIpc) is 2.36. The van der Waals surface area contributed by atoms with Crippen LogP contribution in [-0.4, -0.2) is 35.7 Å². The van der Waals surface area contributed by atoms with Gasteiger partial charge in [0.1, 0.15) is 0 Å². The van der Waals surface area contributed by atoms with Gasteiger partial charge in [0.15, 0.2) is 0 Å². The summed E-state index contributed by atoms with van der Waals surface area (Å²) < 4.78 is 0. The third-order valence-electron chi connectivity index (χ3n) is 3.80. The van der Waals surface area contributed by atoms with Crippen molar-refractivity contribution in [3.05, 3.63) is 29.8 Å². The van der Waals surface area contributed by atoms with Gasteiger partial charge >= 0.3 is 0 Å². The van der Waals surface area contributed by atoms with E-state index in [0.29, 0.717) is 5.92 Å². The minimum Gasteiger partial charge on any atom is -0.399 e. The Labute approximate surface area is 110 Å². The number of nitrogens with zero attached hydrogens (tertiary/aromatic N) is 1. The predicted octanol–water partition coefficient (Wildman–Crippen LogP) is 1.90. The van der Waals surface area contributed by atoms with E-state index in [-0.39, 0.29) is 6.10 Å². The molecule has 2 atom stereocenters. The molecule has 3 nitrogen and oxygen atoms in total. The summed E-state index contributed by atoms with van der Waals surface area (Å²) in [6, 6.07) is 8.02. The van der Waals surface area contributed by atoms with Crippen molar-refractivity contribution in [3.63, 3.8) is 0 Å². The van der Waals surface area contributed by atoms with Crippen LogP contribution in [0.1, 0.15) is 25.3 Å². The van der Waals surface area contributed by atoms with E-state index < -0.39 is 0 Å². The van der Waals surface area contributed by atoms with Gasteiger partial charge in [-0.2, -0.15) is 0 Å². The first-order valence-electron chi connectivity index (χ1n) is 6.94. The van der Waals surface area contributed by atoms with Crippen LogP contribution in [0, 0.1) is 5.92 Å². The van der Waals surface area contributed by atoms with E-state index in [4.69, 9.17) is 5.73 Å². The van der Waals surface area contributed by atoms with Crippen LogP contribution in [0.2, 0.25) is 0 Å². The maximum absolute atomic E-state index is 10.1. The van der Waals surface area contributed by atoms with Crippen molar-refractivity contribution in [3.8, 4) is 0 Å². The Morgan fingerprint density at radius 1 is 1.33 bits per heavy atom. The second kappa shape index (κ2) is 6.21. The molecule has 1 heterocycles. The molecule has 0 saturated carbocycles. The molecule has 1 aromatic carbocycles. The summed E-state index contributed by atoms with van der Waals surface area (Å²) in [4.78, 5) is 2.47. The molecular formula is C15H24N2O. The summed E-state index contributed by atoms with van der Waals surface area (Å²) in [6.45, 7) is 5.40. The highest BCUT2D eigenvalue weighted by molar-refractivity contribution is 5.39. The summed E-state index contributed by atoms with van der Waals surface area (Å²) in [6.07, 6.45) is 2.88. The molecule has 1 aliphatic heterocycles. The highest BCUT2D eigenvalue weighted by Gasteiger charge is 2.27. The Hall–Kier alpha value is -1.06. The Morgan fingerprint density at radius 3 is 2.72 bits per heavy atom. The largest absolute Gasteiger partial charge is 0.399 e. The monoisotopic (exact) mass is 248 g/mol. The van der Waals surface area contributed by atoms with Gasteiger partial charge < -0.3 is 15.7 Å². The van der Waals surface area contributed by atoms with Gasteiger partial charge in [-0.3, -0.25) is 0 Å². The van der Waals surface area contributed by atoms with Crippen molar-refractivity contribution in [2.24, 2.45) is 5.92 Å². The molecule has 0 bridgehead atoms. The second-order valence-electron chi connectivity index (χ2n) is 5.36. The number of hydrogen-bond donors (Lipinski definition) is 2. The molecule has 1 saturated heterocycles. The minimum atomic E-state index is -0.157. The quantitative estimate of drug-likeness (QED) is 0.800. The number of aliphatic hydroxyl groups is 1. The second-order valence-corrected chi connectivity index (χ2v) is 5.36. The molecule has 18 heavy (non-hydrogen) atoms. The number of aliphatic hydroxyl groups excluding tert-OH is 1. The molecule has 0 spiro atoms. The van der Waals surface area contributed by atoms with Crippen LogP contribution in [0.4, 0.5) is 5.69 Å². The van der Waals surface area contributed by atoms with Crippen LogP contribution in [0.5, 0.6) is 0 Å². The van der Waals surface area contributed by atoms with Crippen molar-refractivity contribution in [1.82, 2.24) is 4.90 Å². The Morgan fingerprint density at radius 2 is 2.06 bits per heavy atom. The van der Waals surface area contributed by atoms with Crippen molar-refractivity contribution < 1.29 is 5.11 Å². The molecule has 1 aromatic rings. The first kappa shape index (κ1) is 13.4. The SMILES string of the molecule is CCCN1CCC(O)C(Cc2ccc(N)cc2)C1. The third-order valence-corrected chi connectivity index (χ3v) is 3.80. The normalized spacial score (nSPS) is 25.2. The summed E-state index contributed by atoms with van der Waals surface area (Å²) >= 11 is 0. The highest BCUT2D eigenvalue weighted by atomic mass is 16.3. The number of anilines is 1. The molecule has 0 amide bonds. The van der Waals surface area contributed by atoms with Gasteiger partial charge in [0.05, 0.1) is 6.10 Å². The van der Waals surface area contributed by atoms with Crippen LogP contribution >= 0.6 is 0 Å². The van der Waals surface area contributed by atoms with Gasteiger partial charge in [-0.1, -0.05) is 19.1 Å². The molecule has 0 aliphatic carbocycles. The predicted molar refractivity (Wildman–Crippen MR) is 75.4 cm³/mol. The lowest BCUT2D eigenvalue weighted by Crippen LogP contribution is -2.44. The molecule has 0 radical (unpaired) electrons. The molecule has 0 aromatic heterocycles. The summed E-state index contributed by atoms with van der Waals surface area (Å²) in [7, 11) is 0. The van der Waals surface area contributed by atoms with Crippen molar-refractivity contribution >= 4 is 5.69 Å². The van der Waals surface area contributed by atoms with E-state index in [1.165, 1.54) is 12.0 Å². The Kier molecular flexibility index (Phi) is 4.61. The molecule has 100 valence electrons. The Balaban J connectivity index is 1.95. The van der Waals surface area contributed by atoms with E-state index in [1.54, 1.807) is 0 Å². The fourth-order valence-corrected chi connectivity index (χ4v) is 2.77. The summed E-state index contributed by atoms with van der Waals surface area (Å²) in [5.41, 5.74) is 7.76. The van der Waals surface area contributed by atoms with Crippen LogP contribution < -0.4 is 5.73 Å². The highest BCUT2D eigenvalue weighted by Crippen LogP contribution is 2.22.